The molecule has 1 aliphatic heterocycles. The van der Waals surface area contributed by atoms with Gasteiger partial charge in [0.1, 0.15) is 5.57 Å². The number of rotatable bonds is 4. The number of nitrogens with one attached hydrogen (secondary N) is 1. The molecular formula is C19H14BrClN2O4S. The second-order valence-electron chi connectivity index (χ2n) is 5.67. The molecular weight excluding hydrogens is 468 g/mol. The van der Waals surface area contributed by atoms with E-state index in [0.29, 0.717) is 22.7 Å². The van der Waals surface area contributed by atoms with Crippen LogP contribution in [-0.2, 0) is 9.59 Å². The highest BCUT2D eigenvalue weighted by molar-refractivity contribution is 9.10. The van der Waals surface area contributed by atoms with E-state index in [1.165, 1.54) is 25.2 Å². The number of thiocarbonyl (C=S) groups is 1. The molecule has 28 heavy (non-hydrogen) atoms. The molecule has 0 aliphatic carbocycles. The fourth-order valence-corrected chi connectivity index (χ4v) is 3.51. The number of halogens is 2. The molecule has 0 atom stereocenters. The Morgan fingerprint density at radius 3 is 2.43 bits per heavy atom. The van der Waals surface area contributed by atoms with Gasteiger partial charge in [0.2, 0.25) is 0 Å². The van der Waals surface area contributed by atoms with Crippen LogP contribution in [-0.4, -0.2) is 31.1 Å². The third-order valence-corrected chi connectivity index (χ3v) is 5.05. The first-order valence-corrected chi connectivity index (χ1v) is 9.52. The zero-order chi connectivity index (χ0) is 20.4. The predicted octanol–water partition coefficient (Wildman–Crippen LogP) is 3.95. The zero-order valence-corrected chi connectivity index (χ0v) is 17.9. The highest BCUT2D eigenvalue weighted by Gasteiger charge is 2.34. The van der Waals surface area contributed by atoms with Crippen molar-refractivity contribution in [2.45, 2.75) is 0 Å². The molecule has 1 saturated heterocycles. The second-order valence-corrected chi connectivity index (χ2v) is 7.38. The van der Waals surface area contributed by atoms with E-state index < -0.39 is 11.8 Å². The SMILES string of the molecule is COc1cc(/C=C2\C(=O)NC(=S)N(c3ccc(Br)cc3)C2=O)cc(Cl)c1OC. The van der Waals surface area contributed by atoms with E-state index >= 15 is 0 Å². The highest BCUT2D eigenvalue weighted by atomic mass is 79.9. The number of hydrogen-bond donors (Lipinski definition) is 1. The molecule has 0 spiro atoms. The summed E-state index contributed by atoms with van der Waals surface area (Å²) in [5.41, 5.74) is 0.957. The molecule has 3 rings (SSSR count). The molecule has 9 heteroatoms. The third-order valence-electron chi connectivity index (χ3n) is 3.95. The van der Waals surface area contributed by atoms with Crippen LogP contribution >= 0.6 is 39.7 Å². The van der Waals surface area contributed by atoms with E-state index in [4.69, 9.17) is 33.3 Å². The largest absolute Gasteiger partial charge is 0.493 e. The van der Waals surface area contributed by atoms with Gasteiger partial charge in [0.25, 0.3) is 11.8 Å². The minimum atomic E-state index is -0.589. The number of methoxy groups -OCH3 is 2. The van der Waals surface area contributed by atoms with Gasteiger partial charge in [-0.05, 0) is 60.3 Å². The molecule has 0 aromatic heterocycles. The summed E-state index contributed by atoms with van der Waals surface area (Å²) in [4.78, 5) is 26.7. The van der Waals surface area contributed by atoms with Crippen LogP contribution in [0, 0.1) is 0 Å². The Morgan fingerprint density at radius 2 is 1.82 bits per heavy atom. The molecule has 144 valence electrons. The number of carbonyl (C=O) groups excluding carboxylic acids is 2. The summed E-state index contributed by atoms with van der Waals surface area (Å²) in [5.74, 6) is -0.384. The maximum atomic E-state index is 13.0. The Balaban J connectivity index is 2.04. The van der Waals surface area contributed by atoms with Crippen LogP contribution in [0.3, 0.4) is 0 Å². The van der Waals surface area contributed by atoms with Crippen molar-refractivity contribution in [3.05, 3.63) is 57.0 Å². The average molecular weight is 482 g/mol. The Morgan fingerprint density at radius 1 is 1.14 bits per heavy atom. The van der Waals surface area contributed by atoms with Crippen molar-refractivity contribution in [2.75, 3.05) is 19.1 Å². The minimum absolute atomic E-state index is 0.0137. The lowest BCUT2D eigenvalue weighted by Gasteiger charge is -2.29. The van der Waals surface area contributed by atoms with E-state index in [1.807, 2.05) is 0 Å². The van der Waals surface area contributed by atoms with Gasteiger partial charge >= 0.3 is 0 Å². The van der Waals surface area contributed by atoms with Crippen molar-refractivity contribution < 1.29 is 19.1 Å². The van der Waals surface area contributed by atoms with Crippen molar-refractivity contribution in [3.63, 3.8) is 0 Å². The van der Waals surface area contributed by atoms with Crippen molar-refractivity contribution in [1.82, 2.24) is 5.32 Å². The van der Waals surface area contributed by atoms with Gasteiger partial charge in [0, 0.05) is 4.47 Å². The summed E-state index contributed by atoms with van der Waals surface area (Å²) in [7, 11) is 2.94. The molecule has 0 saturated carbocycles. The maximum absolute atomic E-state index is 13.0. The maximum Gasteiger partial charge on any atom is 0.270 e. The average Bonchev–Trinajstić information content (AvgIpc) is 2.66. The van der Waals surface area contributed by atoms with Gasteiger partial charge in [-0.3, -0.25) is 19.8 Å². The van der Waals surface area contributed by atoms with Gasteiger partial charge in [-0.1, -0.05) is 27.5 Å². The zero-order valence-electron chi connectivity index (χ0n) is 14.8. The normalized spacial score (nSPS) is 15.6. The number of ether oxygens (including phenoxy) is 2. The number of nitrogens with zero attached hydrogens (tertiary/aromatic N) is 1. The lowest BCUT2D eigenvalue weighted by Crippen LogP contribution is -2.54. The second kappa shape index (κ2) is 8.30. The number of anilines is 1. The summed E-state index contributed by atoms with van der Waals surface area (Å²) in [6.07, 6.45) is 1.43. The first-order chi connectivity index (χ1) is 13.3. The third kappa shape index (κ3) is 3.89. The van der Waals surface area contributed by atoms with Crippen LogP contribution in [0.25, 0.3) is 6.08 Å². The van der Waals surface area contributed by atoms with Gasteiger partial charge in [-0.15, -0.1) is 0 Å². The Hall–Kier alpha value is -2.42. The van der Waals surface area contributed by atoms with E-state index in [2.05, 4.69) is 21.2 Å². The molecule has 0 unspecified atom stereocenters. The number of hydrogen-bond acceptors (Lipinski definition) is 5. The van der Waals surface area contributed by atoms with Crippen molar-refractivity contribution in [1.29, 1.82) is 0 Å². The lowest BCUT2D eigenvalue weighted by atomic mass is 10.1. The van der Waals surface area contributed by atoms with E-state index in [9.17, 15) is 9.59 Å². The van der Waals surface area contributed by atoms with Crippen molar-refractivity contribution in [2.24, 2.45) is 0 Å². The quantitative estimate of drug-likeness (QED) is 0.407. The smallest absolute Gasteiger partial charge is 0.270 e. The molecule has 2 aromatic rings. The highest BCUT2D eigenvalue weighted by Crippen LogP contribution is 2.37. The van der Waals surface area contributed by atoms with Crippen LogP contribution in [0.15, 0.2) is 46.4 Å². The van der Waals surface area contributed by atoms with E-state index in [1.54, 1.807) is 36.4 Å². The van der Waals surface area contributed by atoms with Crippen LogP contribution in [0.2, 0.25) is 5.02 Å². The summed E-state index contributed by atoms with van der Waals surface area (Å²) in [6, 6.07) is 10.2. The van der Waals surface area contributed by atoms with Crippen molar-refractivity contribution in [3.8, 4) is 11.5 Å². The Bertz CT molecular complexity index is 1010. The molecule has 1 fully saturated rings. The Labute approximate surface area is 180 Å². The van der Waals surface area contributed by atoms with Gasteiger partial charge in [-0.2, -0.15) is 0 Å². The minimum Gasteiger partial charge on any atom is -0.493 e. The first-order valence-electron chi connectivity index (χ1n) is 7.94. The summed E-state index contributed by atoms with van der Waals surface area (Å²) in [6.45, 7) is 0. The lowest BCUT2D eigenvalue weighted by molar-refractivity contribution is -0.122. The Kier molecular flexibility index (Phi) is 6.02. The van der Waals surface area contributed by atoms with Gasteiger partial charge < -0.3 is 9.47 Å². The standard InChI is InChI=1S/C19H14BrClN2O4S/c1-26-15-9-10(8-14(21)16(15)27-2)7-13-17(24)22-19(28)23(18(13)25)12-5-3-11(20)4-6-12/h3-9H,1-2H3,(H,22,24,28)/b13-7+. The monoisotopic (exact) mass is 480 g/mol. The van der Waals surface area contributed by atoms with Gasteiger partial charge in [-0.25, -0.2) is 0 Å². The van der Waals surface area contributed by atoms with Crippen LogP contribution in [0.1, 0.15) is 5.56 Å². The van der Waals surface area contributed by atoms with Gasteiger partial charge in [0.05, 0.1) is 24.9 Å². The summed E-state index contributed by atoms with van der Waals surface area (Å²) >= 11 is 14.7. The number of benzene rings is 2. The van der Waals surface area contributed by atoms with Gasteiger partial charge in [0.15, 0.2) is 16.6 Å². The van der Waals surface area contributed by atoms with E-state index in [0.717, 1.165) is 4.47 Å². The molecule has 1 N–H and O–H groups in total. The molecule has 1 aliphatic rings. The molecule has 6 nitrogen and oxygen atoms in total. The molecule has 0 radical (unpaired) electrons. The predicted molar refractivity (Wildman–Crippen MR) is 115 cm³/mol. The van der Waals surface area contributed by atoms with E-state index in [-0.39, 0.29) is 15.7 Å². The number of amides is 2. The first kappa shape index (κ1) is 20.3. The summed E-state index contributed by atoms with van der Waals surface area (Å²) < 4.78 is 11.3. The van der Waals surface area contributed by atoms with Crippen LogP contribution in [0.5, 0.6) is 11.5 Å². The fraction of sp³-hybridized carbons (Fsp3) is 0.105. The van der Waals surface area contributed by atoms with Crippen molar-refractivity contribution >= 4 is 68.4 Å². The van der Waals surface area contributed by atoms with Crippen LogP contribution < -0.4 is 19.7 Å². The van der Waals surface area contributed by atoms with Crippen LogP contribution in [0.4, 0.5) is 5.69 Å². The molecule has 2 aromatic carbocycles. The number of carbonyl (C=O) groups is 2. The molecule has 2 amide bonds. The molecule has 1 heterocycles. The topological polar surface area (TPSA) is 67.9 Å². The fourth-order valence-electron chi connectivity index (χ4n) is 2.67. The molecule has 0 bridgehead atoms. The summed E-state index contributed by atoms with van der Waals surface area (Å²) in [5, 5.41) is 2.84.